The van der Waals surface area contributed by atoms with Crippen LogP contribution in [0.15, 0.2) is 0 Å². The summed E-state index contributed by atoms with van der Waals surface area (Å²) in [5.74, 6) is 1.53. The molecule has 0 saturated carbocycles. The molecule has 54 heavy (non-hydrogen) atoms. The number of unbranched alkanes of at least 4 members (excludes halogenated alkanes) is 5. The van der Waals surface area contributed by atoms with Crippen LogP contribution in [0.2, 0.25) is 0 Å². The molecular weight excluding hydrogens is 677 g/mol. The van der Waals surface area contributed by atoms with Crippen LogP contribution in [-0.2, 0) is 24.0 Å². The molecule has 0 aliphatic carbocycles. The van der Waals surface area contributed by atoms with E-state index >= 15 is 0 Å². The van der Waals surface area contributed by atoms with Gasteiger partial charge in [-0.05, 0) is 82.0 Å². The van der Waals surface area contributed by atoms with Gasteiger partial charge in [-0.3, -0.25) is 24.0 Å². The lowest BCUT2D eigenvalue weighted by atomic mass is 9.93. The minimum atomic E-state index is -0.746. The lowest BCUT2D eigenvalue weighted by molar-refractivity contribution is -0.132. The van der Waals surface area contributed by atoms with Crippen molar-refractivity contribution in [3.05, 3.63) is 0 Å². The summed E-state index contributed by atoms with van der Waals surface area (Å²) >= 11 is 0. The second-order valence-electron chi connectivity index (χ2n) is 16.7. The van der Waals surface area contributed by atoms with E-state index in [1.54, 1.807) is 0 Å². The van der Waals surface area contributed by atoms with E-state index in [9.17, 15) is 24.0 Å². The van der Waals surface area contributed by atoms with Crippen LogP contribution in [0, 0.1) is 23.7 Å². The molecule has 5 atom stereocenters. The molecule has 0 radical (unpaired) electrons. The Morgan fingerprint density at radius 3 is 1.48 bits per heavy atom. The largest absolute Gasteiger partial charge is 0.356 e. The molecule has 4 N–H and O–H groups in total. The standard InChI is InChI=1S/C45H86N4O5/c1-9-23-36(7)26-14-17-31-42(51)47-34-22-20-29-40(48-43(52)32-18-15-27-38(12-4)24-10-2)45(54)49-39(44(53)37(8)11-3)28-19-21-33-46-41(50)30-16-13-25-35(5)6/h35-40H,9-34H2,1-8H3,(H,46,50)(H,47,51)(H,48,52)(H,49,54). The molecular formula is C45H86N4O5. The molecule has 0 bridgehead atoms. The fourth-order valence-corrected chi connectivity index (χ4v) is 7.15. The molecule has 0 saturated heterocycles. The molecule has 5 unspecified atom stereocenters. The van der Waals surface area contributed by atoms with Crippen LogP contribution >= 0.6 is 0 Å². The molecule has 9 nitrogen and oxygen atoms in total. The average molecular weight is 763 g/mol. The van der Waals surface area contributed by atoms with Crippen molar-refractivity contribution in [2.45, 2.75) is 222 Å². The summed E-state index contributed by atoms with van der Waals surface area (Å²) in [5, 5.41) is 12.1. The van der Waals surface area contributed by atoms with Crippen LogP contribution in [0.1, 0.15) is 209 Å². The Morgan fingerprint density at radius 1 is 0.463 bits per heavy atom. The van der Waals surface area contributed by atoms with E-state index in [-0.39, 0.29) is 35.3 Å². The number of carbonyl (C=O) groups is 5. The quantitative estimate of drug-likeness (QED) is 0.0472. The first-order valence-electron chi connectivity index (χ1n) is 22.5. The molecule has 0 aliphatic heterocycles. The summed E-state index contributed by atoms with van der Waals surface area (Å²) in [5.41, 5.74) is 0. The van der Waals surface area contributed by atoms with Crippen LogP contribution in [0.4, 0.5) is 0 Å². The van der Waals surface area contributed by atoms with Gasteiger partial charge in [-0.15, -0.1) is 0 Å². The van der Waals surface area contributed by atoms with E-state index in [1.165, 1.54) is 25.7 Å². The number of hydrogen-bond donors (Lipinski definition) is 4. The number of ketones is 1. The molecule has 0 rings (SSSR count). The smallest absolute Gasteiger partial charge is 0.243 e. The maximum absolute atomic E-state index is 13.8. The van der Waals surface area contributed by atoms with Gasteiger partial charge in [0.25, 0.3) is 0 Å². The van der Waals surface area contributed by atoms with Crippen molar-refractivity contribution in [1.29, 1.82) is 0 Å². The minimum Gasteiger partial charge on any atom is -0.356 e. The summed E-state index contributed by atoms with van der Waals surface area (Å²) in [6.45, 7) is 18.3. The zero-order valence-corrected chi connectivity index (χ0v) is 36.4. The first kappa shape index (κ1) is 51.5. The Bertz CT molecular complexity index is 1000. The zero-order valence-electron chi connectivity index (χ0n) is 36.4. The summed E-state index contributed by atoms with van der Waals surface area (Å²) in [4.78, 5) is 65.0. The summed E-state index contributed by atoms with van der Waals surface area (Å²) in [6.07, 6.45) is 20.9. The van der Waals surface area contributed by atoms with E-state index in [0.717, 1.165) is 70.6 Å². The average Bonchev–Trinajstić information content (AvgIpc) is 3.14. The highest BCUT2D eigenvalue weighted by atomic mass is 16.2. The lowest BCUT2D eigenvalue weighted by Gasteiger charge is -2.25. The Kier molecular flexibility index (Phi) is 32.3. The normalized spacial score (nSPS) is 14.2. The third kappa shape index (κ3) is 28.0. The fourth-order valence-electron chi connectivity index (χ4n) is 7.15. The Balaban J connectivity index is 5.22. The predicted octanol–water partition coefficient (Wildman–Crippen LogP) is 9.74. The zero-order chi connectivity index (χ0) is 40.6. The van der Waals surface area contributed by atoms with Gasteiger partial charge < -0.3 is 21.3 Å². The van der Waals surface area contributed by atoms with Crippen LogP contribution < -0.4 is 21.3 Å². The van der Waals surface area contributed by atoms with Gasteiger partial charge >= 0.3 is 0 Å². The van der Waals surface area contributed by atoms with Gasteiger partial charge in [0.1, 0.15) is 6.04 Å². The fraction of sp³-hybridized carbons (Fsp3) is 0.889. The third-order valence-electron chi connectivity index (χ3n) is 11.0. The van der Waals surface area contributed by atoms with Gasteiger partial charge in [0.2, 0.25) is 23.6 Å². The van der Waals surface area contributed by atoms with Crippen LogP contribution in [0.3, 0.4) is 0 Å². The topological polar surface area (TPSA) is 133 Å². The van der Waals surface area contributed by atoms with E-state index in [2.05, 4.69) is 62.8 Å². The second-order valence-corrected chi connectivity index (χ2v) is 16.7. The van der Waals surface area contributed by atoms with Gasteiger partial charge in [-0.1, -0.05) is 126 Å². The number of hydrogen-bond acceptors (Lipinski definition) is 5. The molecule has 4 amide bonds. The van der Waals surface area contributed by atoms with Crippen LogP contribution in [0.5, 0.6) is 0 Å². The highest BCUT2D eigenvalue weighted by Gasteiger charge is 2.28. The molecule has 0 fully saturated rings. The third-order valence-corrected chi connectivity index (χ3v) is 11.0. The maximum atomic E-state index is 13.8. The van der Waals surface area contributed by atoms with Crippen molar-refractivity contribution < 1.29 is 24.0 Å². The van der Waals surface area contributed by atoms with Crippen molar-refractivity contribution in [2.24, 2.45) is 23.7 Å². The van der Waals surface area contributed by atoms with Crippen molar-refractivity contribution in [3.63, 3.8) is 0 Å². The first-order chi connectivity index (χ1) is 25.9. The van der Waals surface area contributed by atoms with Crippen molar-refractivity contribution >= 4 is 29.4 Å². The van der Waals surface area contributed by atoms with Crippen molar-refractivity contribution in [3.8, 4) is 0 Å². The van der Waals surface area contributed by atoms with Crippen molar-refractivity contribution in [2.75, 3.05) is 13.1 Å². The van der Waals surface area contributed by atoms with Gasteiger partial charge in [-0.25, -0.2) is 0 Å². The van der Waals surface area contributed by atoms with E-state index in [4.69, 9.17) is 0 Å². The summed E-state index contributed by atoms with van der Waals surface area (Å²) in [6, 6.07) is -1.39. The molecule has 0 aliphatic rings. The van der Waals surface area contributed by atoms with E-state index in [1.807, 2.05) is 13.8 Å². The highest BCUT2D eigenvalue weighted by molar-refractivity contribution is 5.93. The predicted molar refractivity (Wildman–Crippen MR) is 225 cm³/mol. The number of nitrogens with one attached hydrogen (secondary N) is 4. The Morgan fingerprint density at radius 2 is 0.963 bits per heavy atom. The Labute approximate surface area is 332 Å². The van der Waals surface area contributed by atoms with Gasteiger partial charge in [0.15, 0.2) is 5.78 Å². The van der Waals surface area contributed by atoms with Gasteiger partial charge in [0, 0.05) is 38.3 Å². The number of carbonyl (C=O) groups excluding carboxylic acids is 5. The molecule has 0 aromatic rings. The number of rotatable bonds is 36. The number of Topliss-reactive ketones (excluding diaryl/α,β-unsaturated/α-hetero) is 1. The number of amides is 4. The maximum Gasteiger partial charge on any atom is 0.243 e. The lowest BCUT2D eigenvalue weighted by Crippen LogP contribution is -2.52. The molecule has 316 valence electrons. The molecule has 0 aromatic heterocycles. The SMILES string of the molecule is CCCC(C)CCCCC(=O)NCCCCC(NC(=O)CCCCC(CC)CCC)C(=O)NC(CCCCNC(=O)CCCCC(C)C)C(=O)C(C)CC. The molecule has 0 spiro atoms. The molecule has 0 heterocycles. The van der Waals surface area contributed by atoms with E-state index in [0.29, 0.717) is 88.6 Å². The van der Waals surface area contributed by atoms with E-state index < -0.39 is 12.1 Å². The van der Waals surface area contributed by atoms with Crippen LogP contribution in [0.25, 0.3) is 0 Å². The monoisotopic (exact) mass is 763 g/mol. The molecule has 0 aromatic carbocycles. The first-order valence-corrected chi connectivity index (χ1v) is 22.5. The van der Waals surface area contributed by atoms with Crippen LogP contribution in [-0.4, -0.2) is 54.6 Å². The van der Waals surface area contributed by atoms with Gasteiger partial charge in [0.05, 0.1) is 6.04 Å². The minimum absolute atomic E-state index is 0.00482. The summed E-state index contributed by atoms with van der Waals surface area (Å²) < 4.78 is 0. The second kappa shape index (κ2) is 33.9. The van der Waals surface area contributed by atoms with Gasteiger partial charge in [-0.2, -0.15) is 0 Å². The summed E-state index contributed by atoms with van der Waals surface area (Å²) in [7, 11) is 0. The Hall–Kier alpha value is -2.45. The van der Waals surface area contributed by atoms with Crippen molar-refractivity contribution in [1.82, 2.24) is 21.3 Å². The molecule has 9 heteroatoms. The highest BCUT2D eigenvalue weighted by Crippen LogP contribution is 2.19.